The number of carbonyl (C=O) groups excluding carboxylic acids is 2. The zero-order valence-electron chi connectivity index (χ0n) is 16.0. The number of amides is 2. The Hall–Kier alpha value is -2.75. The van der Waals surface area contributed by atoms with E-state index in [2.05, 4.69) is 6.07 Å². The fourth-order valence-electron chi connectivity index (χ4n) is 2.81. The molecule has 0 radical (unpaired) electrons. The van der Waals surface area contributed by atoms with Gasteiger partial charge >= 0.3 is 0 Å². The topological polar surface area (TPSA) is 70.4 Å². The molecule has 148 valence electrons. The van der Waals surface area contributed by atoms with E-state index >= 15 is 0 Å². The lowest BCUT2D eigenvalue weighted by Gasteiger charge is -2.14. The number of hydrogen-bond donors (Lipinski definition) is 0. The average Bonchev–Trinajstić information content (AvgIpc) is 2.94. The molecule has 2 aromatic rings. The van der Waals surface area contributed by atoms with Crippen LogP contribution in [0.2, 0.25) is 5.02 Å². The molecule has 0 aromatic heterocycles. The summed E-state index contributed by atoms with van der Waals surface area (Å²) in [6, 6.07) is 14.5. The first-order valence-electron chi connectivity index (χ1n) is 9.04. The number of ether oxygens (including phenoxy) is 1. The van der Waals surface area contributed by atoms with Crippen LogP contribution in [0.4, 0.5) is 4.79 Å². The highest BCUT2D eigenvalue weighted by atomic mass is 35.5. The van der Waals surface area contributed by atoms with Gasteiger partial charge in [-0.3, -0.25) is 14.5 Å². The van der Waals surface area contributed by atoms with Crippen molar-refractivity contribution in [2.24, 2.45) is 5.92 Å². The molecule has 1 aliphatic heterocycles. The maximum Gasteiger partial charge on any atom is 0.293 e. The van der Waals surface area contributed by atoms with Crippen molar-refractivity contribution >= 4 is 40.6 Å². The number of nitrogens with zero attached hydrogens (tertiary/aromatic N) is 2. The molecule has 2 amide bonds. The largest absolute Gasteiger partial charge is 0.487 e. The van der Waals surface area contributed by atoms with Gasteiger partial charge in [-0.05, 0) is 47.5 Å². The number of hydrogen-bond acceptors (Lipinski definition) is 5. The summed E-state index contributed by atoms with van der Waals surface area (Å²) in [5.74, 6) is 0.405. The van der Waals surface area contributed by atoms with Gasteiger partial charge in [-0.15, -0.1) is 0 Å². The molecule has 0 aliphatic carbocycles. The number of rotatable bonds is 6. The molecule has 0 atom stereocenters. The Morgan fingerprint density at radius 2 is 2.00 bits per heavy atom. The molecule has 2 aromatic carbocycles. The van der Waals surface area contributed by atoms with Crippen LogP contribution in [0.25, 0.3) is 6.08 Å². The maximum atomic E-state index is 12.5. The summed E-state index contributed by atoms with van der Waals surface area (Å²) in [6.45, 7) is 4.54. The number of thioether (sulfide) groups is 1. The molecule has 0 unspecified atom stereocenters. The van der Waals surface area contributed by atoms with Crippen LogP contribution in [0.3, 0.4) is 0 Å². The van der Waals surface area contributed by atoms with Crippen molar-refractivity contribution in [2.75, 3.05) is 6.54 Å². The van der Waals surface area contributed by atoms with E-state index < -0.39 is 0 Å². The van der Waals surface area contributed by atoms with Crippen molar-refractivity contribution in [2.45, 2.75) is 20.5 Å². The quantitative estimate of drug-likeness (QED) is 0.571. The second-order valence-electron chi connectivity index (χ2n) is 6.93. The van der Waals surface area contributed by atoms with E-state index in [1.807, 2.05) is 26.0 Å². The number of benzene rings is 2. The first-order chi connectivity index (χ1) is 13.9. The summed E-state index contributed by atoms with van der Waals surface area (Å²) < 4.78 is 5.75. The lowest BCUT2D eigenvalue weighted by atomic mass is 10.1. The van der Waals surface area contributed by atoms with Crippen molar-refractivity contribution in [1.29, 1.82) is 5.26 Å². The summed E-state index contributed by atoms with van der Waals surface area (Å²) in [5.41, 5.74) is 2.03. The van der Waals surface area contributed by atoms with Crippen molar-refractivity contribution < 1.29 is 14.3 Å². The molecule has 0 spiro atoms. The zero-order chi connectivity index (χ0) is 21.0. The Morgan fingerprint density at radius 1 is 1.24 bits per heavy atom. The molecule has 7 heteroatoms. The molecule has 3 rings (SSSR count). The first-order valence-corrected chi connectivity index (χ1v) is 10.2. The van der Waals surface area contributed by atoms with E-state index in [1.54, 1.807) is 36.4 Å². The van der Waals surface area contributed by atoms with Gasteiger partial charge in [0.25, 0.3) is 11.1 Å². The summed E-state index contributed by atoms with van der Waals surface area (Å²) in [6.07, 6.45) is 1.66. The predicted molar refractivity (Wildman–Crippen MR) is 114 cm³/mol. The van der Waals surface area contributed by atoms with Crippen LogP contribution >= 0.6 is 23.4 Å². The molecule has 5 nitrogen and oxygen atoms in total. The van der Waals surface area contributed by atoms with Gasteiger partial charge < -0.3 is 4.74 Å². The van der Waals surface area contributed by atoms with Crippen LogP contribution in [0.5, 0.6) is 5.75 Å². The number of nitriles is 1. The number of halogens is 1. The van der Waals surface area contributed by atoms with Gasteiger partial charge in [-0.25, -0.2) is 0 Å². The van der Waals surface area contributed by atoms with Gasteiger partial charge in [0.15, 0.2) is 0 Å². The summed E-state index contributed by atoms with van der Waals surface area (Å²) in [7, 11) is 0. The Bertz CT molecular complexity index is 1030. The normalized spacial score (nSPS) is 15.3. The van der Waals surface area contributed by atoms with Gasteiger partial charge in [0.05, 0.1) is 21.6 Å². The standard InChI is InChI=1S/C22H19ClN2O3S/c1-14(2)12-25-21(26)20(29-22(25)27)10-15-7-8-19(18(23)9-15)28-13-17-6-4-3-5-16(17)11-24/h3-10,14H,12-13H2,1-2H3. The third kappa shape index (κ3) is 5.00. The van der Waals surface area contributed by atoms with E-state index in [9.17, 15) is 9.59 Å². The predicted octanol–water partition coefficient (Wildman–Crippen LogP) is 5.48. The van der Waals surface area contributed by atoms with E-state index in [4.69, 9.17) is 21.6 Å². The summed E-state index contributed by atoms with van der Waals surface area (Å²) >= 11 is 7.26. The van der Waals surface area contributed by atoms with Crippen molar-refractivity contribution in [3.8, 4) is 11.8 Å². The second kappa shape index (κ2) is 9.17. The molecule has 0 bridgehead atoms. The lowest BCUT2D eigenvalue weighted by molar-refractivity contribution is -0.123. The zero-order valence-corrected chi connectivity index (χ0v) is 17.6. The monoisotopic (exact) mass is 426 g/mol. The van der Waals surface area contributed by atoms with Crippen molar-refractivity contribution in [3.63, 3.8) is 0 Å². The van der Waals surface area contributed by atoms with Crippen molar-refractivity contribution in [1.82, 2.24) is 4.90 Å². The minimum Gasteiger partial charge on any atom is -0.487 e. The van der Waals surface area contributed by atoms with Gasteiger partial charge in [0.2, 0.25) is 0 Å². The van der Waals surface area contributed by atoms with Gasteiger partial charge in [-0.1, -0.05) is 49.7 Å². The molecule has 29 heavy (non-hydrogen) atoms. The van der Waals surface area contributed by atoms with Crippen LogP contribution in [-0.4, -0.2) is 22.6 Å². The molecule has 0 N–H and O–H groups in total. The Labute approximate surface area is 178 Å². The smallest absolute Gasteiger partial charge is 0.293 e. The van der Waals surface area contributed by atoms with Crippen LogP contribution in [-0.2, 0) is 11.4 Å². The molecule has 0 saturated carbocycles. The molecular formula is C22H19ClN2O3S. The first kappa shape index (κ1) is 21.0. The Kier molecular flexibility index (Phi) is 6.63. The molecule has 1 saturated heterocycles. The maximum absolute atomic E-state index is 12.5. The fourth-order valence-corrected chi connectivity index (χ4v) is 3.90. The number of imide groups is 1. The highest BCUT2D eigenvalue weighted by Gasteiger charge is 2.35. The lowest BCUT2D eigenvalue weighted by Crippen LogP contribution is -2.31. The van der Waals surface area contributed by atoms with Crippen LogP contribution in [0.15, 0.2) is 47.4 Å². The Balaban J connectivity index is 1.73. The fraction of sp³-hybridized carbons (Fsp3) is 0.227. The van der Waals surface area contributed by atoms with E-state index in [-0.39, 0.29) is 23.7 Å². The SMILES string of the molecule is CC(C)CN1C(=O)SC(=Cc2ccc(OCc3ccccc3C#N)c(Cl)c2)C1=O. The molecule has 1 aliphatic rings. The minimum atomic E-state index is -0.279. The molecule has 1 heterocycles. The van der Waals surface area contributed by atoms with Crippen LogP contribution < -0.4 is 4.74 Å². The Morgan fingerprint density at radius 3 is 2.69 bits per heavy atom. The number of carbonyl (C=O) groups is 2. The highest BCUT2D eigenvalue weighted by molar-refractivity contribution is 8.18. The van der Waals surface area contributed by atoms with Crippen LogP contribution in [0, 0.1) is 17.2 Å². The van der Waals surface area contributed by atoms with Gasteiger partial charge in [0, 0.05) is 12.1 Å². The van der Waals surface area contributed by atoms with E-state index in [0.717, 1.165) is 17.3 Å². The van der Waals surface area contributed by atoms with Gasteiger partial charge in [0.1, 0.15) is 12.4 Å². The molecule has 1 fully saturated rings. The second-order valence-corrected chi connectivity index (χ2v) is 8.33. The third-order valence-corrected chi connectivity index (χ3v) is 5.40. The highest BCUT2D eigenvalue weighted by Crippen LogP contribution is 2.34. The van der Waals surface area contributed by atoms with E-state index in [1.165, 1.54) is 4.90 Å². The molecular weight excluding hydrogens is 408 g/mol. The third-order valence-electron chi connectivity index (χ3n) is 4.20. The minimum absolute atomic E-state index is 0.208. The van der Waals surface area contributed by atoms with Gasteiger partial charge in [-0.2, -0.15) is 5.26 Å². The summed E-state index contributed by atoms with van der Waals surface area (Å²) in [4.78, 5) is 26.2. The summed E-state index contributed by atoms with van der Waals surface area (Å²) in [5, 5.41) is 9.29. The van der Waals surface area contributed by atoms with E-state index in [0.29, 0.717) is 33.3 Å². The van der Waals surface area contributed by atoms with Crippen molar-refractivity contribution in [3.05, 3.63) is 69.1 Å². The average molecular weight is 427 g/mol. The van der Waals surface area contributed by atoms with Crippen LogP contribution in [0.1, 0.15) is 30.5 Å².